The number of carboxylic acids is 1. The Labute approximate surface area is 179 Å². The lowest BCUT2D eigenvalue weighted by Gasteiger charge is -2.29. The molecule has 0 heterocycles. The van der Waals surface area contributed by atoms with E-state index >= 15 is 0 Å². The normalized spacial score (nSPS) is 13.0. The molecule has 29 heavy (non-hydrogen) atoms. The number of allylic oxidation sites excluding steroid dienone is 1. The molecule has 170 valence electrons. The second-order valence-electron chi connectivity index (χ2n) is 9.19. The maximum atomic E-state index is 11.9. The van der Waals surface area contributed by atoms with Crippen LogP contribution in [-0.2, 0) is 14.3 Å². The predicted octanol–water partition coefficient (Wildman–Crippen LogP) is 4.39. The first-order valence-corrected chi connectivity index (χ1v) is 11.6. The van der Waals surface area contributed by atoms with E-state index in [2.05, 4.69) is 6.92 Å². The van der Waals surface area contributed by atoms with Crippen LogP contribution in [0, 0.1) is 0 Å². The van der Waals surface area contributed by atoms with Crippen molar-refractivity contribution in [3.63, 3.8) is 0 Å². The Bertz CT molecular complexity index is 454. The fraction of sp³-hybridized carbons (Fsp3) is 0.833. The molecule has 0 saturated carbocycles. The van der Waals surface area contributed by atoms with Gasteiger partial charge in [-0.3, -0.25) is 0 Å². The van der Waals surface area contributed by atoms with E-state index in [9.17, 15) is 14.7 Å². The van der Waals surface area contributed by atoms with Gasteiger partial charge in [0.25, 0.3) is 0 Å². The third-order valence-corrected chi connectivity index (χ3v) is 4.91. The molecule has 0 radical (unpaired) electrons. The van der Waals surface area contributed by atoms with Crippen LogP contribution in [0.1, 0.15) is 96.8 Å². The Balaban J connectivity index is 3.72. The van der Waals surface area contributed by atoms with E-state index in [1.807, 2.05) is 27.2 Å². The number of carbonyl (C=O) groups excluding carboxylic acids is 2. The van der Waals surface area contributed by atoms with Crippen LogP contribution in [0.3, 0.4) is 0 Å². The molecule has 0 spiro atoms. The number of carboxylic acid groups (broad SMARTS) is 1. The third kappa shape index (κ3) is 21.2. The zero-order valence-electron chi connectivity index (χ0n) is 19.4. The van der Waals surface area contributed by atoms with Crippen LogP contribution in [-0.4, -0.2) is 50.2 Å². The summed E-state index contributed by atoms with van der Waals surface area (Å²) in [5.74, 6) is -1.67. The van der Waals surface area contributed by atoms with E-state index in [1.54, 1.807) is 0 Å². The van der Waals surface area contributed by atoms with E-state index in [4.69, 9.17) is 4.74 Å². The van der Waals surface area contributed by atoms with E-state index in [0.717, 1.165) is 12.8 Å². The number of carbonyl (C=O) groups is 2. The van der Waals surface area contributed by atoms with Crippen molar-refractivity contribution in [3.05, 3.63) is 12.2 Å². The van der Waals surface area contributed by atoms with Gasteiger partial charge in [0, 0.05) is 18.5 Å². The van der Waals surface area contributed by atoms with Gasteiger partial charge in [-0.25, -0.2) is 4.79 Å². The molecule has 5 nitrogen and oxygen atoms in total. The lowest BCUT2D eigenvalue weighted by atomic mass is 10.0. The van der Waals surface area contributed by atoms with Crippen LogP contribution < -0.4 is 5.11 Å². The minimum Gasteiger partial charge on any atom is -0.550 e. The zero-order chi connectivity index (χ0) is 22.0. The average molecular weight is 412 g/mol. The molecule has 0 aliphatic carbocycles. The van der Waals surface area contributed by atoms with Crippen molar-refractivity contribution in [2.75, 3.05) is 27.7 Å². The molecule has 0 N–H and O–H groups in total. The molecule has 0 aromatic heterocycles. The fourth-order valence-electron chi connectivity index (χ4n) is 3.43. The highest BCUT2D eigenvalue weighted by Crippen LogP contribution is 2.12. The smallest absolute Gasteiger partial charge is 0.330 e. The Morgan fingerprint density at radius 3 is 1.79 bits per heavy atom. The van der Waals surface area contributed by atoms with Crippen LogP contribution in [0.5, 0.6) is 0 Å². The van der Waals surface area contributed by atoms with Gasteiger partial charge in [-0.2, -0.15) is 0 Å². The summed E-state index contributed by atoms with van der Waals surface area (Å²) >= 11 is 0. The predicted molar refractivity (Wildman–Crippen MR) is 117 cm³/mol. The van der Waals surface area contributed by atoms with Crippen molar-refractivity contribution in [2.24, 2.45) is 0 Å². The van der Waals surface area contributed by atoms with Gasteiger partial charge in [-0.05, 0) is 12.8 Å². The number of rotatable bonds is 19. The van der Waals surface area contributed by atoms with Crippen LogP contribution in [0.4, 0.5) is 0 Å². The number of ether oxygens (including phenoxy) is 1. The van der Waals surface area contributed by atoms with E-state index in [1.165, 1.54) is 76.7 Å². The minimum atomic E-state index is -1.20. The van der Waals surface area contributed by atoms with Crippen LogP contribution in [0.25, 0.3) is 0 Å². The monoisotopic (exact) mass is 411 g/mol. The molecule has 5 heteroatoms. The number of quaternary nitrogens is 1. The van der Waals surface area contributed by atoms with Crippen molar-refractivity contribution in [2.45, 2.75) is 103 Å². The molecule has 0 saturated heterocycles. The van der Waals surface area contributed by atoms with E-state index < -0.39 is 18.0 Å². The highest BCUT2D eigenvalue weighted by atomic mass is 16.5. The molecule has 0 aliphatic rings. The van der Waals surface area contributed by atoms with Gasteiger partial charge < -0.3 is 19.1 Å². The first-order chi connectivity index (χ1) is 13.7. The summed E-state index contributed by atoms with van der Waals surface area (Å²) in [6.07, 6.45) is 18.9. The molecule has 0 aliphatic heterocycles. The highest BCUT2D eigenvalue weighted by Gasteiger charge is 2.21. The number of nitrogens with zero attached hydrogens (tertiary/aromatic N) is 1. The van der Waals surface area contributed by atoms with Gasteiger partial charge in [0.2, 0.25) is 0 Å². The quantitative estimate of drug-likeness (QED) is 0.137. The lowest BCUT2D eigenvalue weighted by Crippen LogP contribution is -2.45. The SMILES string of the molecule is CCCCCCCCCCCCCCC=CC(=O)OC(CC(=O)[O-])C[N+](C)(C)C. The van der Waals surface area contributed by atoms with Gasteiger partial charge in [0.15, 0.2) is 6.10 Å². The Hall–Kier alpha value is -1.36. The number of esters is 1. The third-order valence-electron chi connectivity index (χ3n) is 4.91. The summed E-state index contributed by atoms with van der Waals surface area (Å²) in [4.78, 5) is 22.8. The molecular weight excluding hydrogens is 366 g/mol. The Kier molecular flexibility index (Phi) is 16.7. The van der Waals surface area contributed by atoms with Crippen molar-refractivity contribution in [1.82, 2.24) is 0 Å². The van der Waals surface area contributed by atoms with Crippen LogP contribution in [0.2, 0.25) is 0 Å². The summed E-state index contributed by atoms with van der Waals surface area (Å²) in [5, 5.41) is 10.8. The maximum Gasteiger partial charge on any atom is 0.330 e. The molecule has 0 aromatic rings. The Morgan fingerprint density at radius 1 is 0.862 bits per heavy atom. The summed E-state index contributed by atoms with van der Waals surface area (Å²) in [6, 6.07) is 0. The molecule has 0 amide bonds. The fourth-order valence-corrected chi connectivity index (χ4v) is 3.43. The van der Waals surface area contributed by atoms with Crippen molar-refractivity contribution in [1.29, 1.82) is 0 Å². The number of unbranched alkanes of at least 4 members (excludes halogenated alkanes) is 12. The van der Waals surface area contributed by atoms with Gasteiger partial charge in [-0.1, -0.05) is 83.6 Å². The zero-order valence-corrected chi connectivity index (χ0v) is 19.4. The molecule has 0 fully saturated rings. The number of hydrogen-bond donors (Lipinski definition) is 0. The van der Waals surface area contributed by atoms with Gasteiger partial charge in [0.1, 0.15) is 6.54 Å². The van der Waals surface area contributed by atoms with Crippen molar-refractivity contribution < 1.29 is 23.9 Å². The molecule has 0 aromatic carbocycles. The van der Waals surface area contributed by atoms with Crippen molar-refractivity contribution in [3.8, 4) is 0 Å². The maximum absolute atomic E-state index is 11.9. The molecule has 0 rings (SSSR count). The highest BCUT2D eigenvalue weighted by molar-refractivity contribution is 5.82. The van der Waals surface area contributed by atoms with Gasteiger partial charge in [-0.15, -0.1) is 0 Å². The molecule has 1 atom stereocenters. The second-order valence-corrected chi connectivity index (χ2v) is 9.19. The first kappa shape index (κ1) is 27.6. The summed E-state index contributed by atoms with van der Waals surface area (Å²) < 4.78 is 5.81. The number of hydrogen-bond acceptors (Lipinski definition) is 4. The van der Waals surface area contributed by atoms with E-state index in [0.29, 0.717) is 11.0 Å². The first-order valence-electron chi connectivity index (χ1n) is 11.6. The number of likely N-dealkylation sites (N-methyl/N-ethyl adjacent to an activating group) is 1. The average Bonchev–Trinajstić information content (AvgIpc) is 2.60. The van der Waals surface area contributed by atoms with Gasteiger partial charge >= 0.3 is 5.97 Å². The molecular formula is C24H45NO4. The minimum absolute atomic E-state index is 0.270. The number of aliphatic carboxylic acids is 1. The lowest BCUT2D eigenvalue weighted by molar-refractivity contribution is -0.873. The largest absolute Gasteiger partial charge is 0.550 e. The van der Waals surface area contributed by atoms with Gasteiger partial charge in [0.05, 0.1) is 21.1 Å². The van der Waals surface area contributed by atoms with Crippen molar-refractivity contribution >= 4 is 11.9 Å². The molecule has 0 bridgehead atoms. The Morgan fingerprint density at radius 2 is 1.34 bits per heavy atom. The van der Waals surface area contributed by atoms with Crippen LogP contribution in [0.15, 0.2) is 12.2 Å². The summed E-state index contributed by atoms with van der Waals surface area (Å²) in [7, 11) is 5.79. The van der Waals surface area contributed by atoms with Crippen LogP contribution >= 0.6 is 0 Å². The summed E-state index contributed by atoms with van der Waals surface area (Å²) in [6.45, 7) is 2.69. The topological polar surface area (TPSA) is 66.4 Å². The van der Waals surface area contributed by atoms with E-state index in [-0.39, 0.29) is 6.42 Å². The standard InChI is InChI=1S/C24H45NO4/c1-5-6-7-8-9-10-11-12-13-14-15-16-17-18-19-24(28)29-22(20-23(26)27)21-25(2,3)4/h18-19,22H,5-17,20-21H2,1-4H3. The summed E-state index contributed by atoms with van der Waals surface area (Å²) in [5.41, 5.74) is 0. The molecule has 1 unspecified atom stereocenters. The second kappa shape index (κ2) is 17.5.